The van der Waals surface area contributed by atoms with Crippen molar-refractivity contribution >= 4 is 12.6 Å². The van der Waals surface area contributed by atoms with E-state index in [2.05, 4.69) is 45.6 Å². The van der Waals surface area contributed by atoms with E-state index in [1.54, 1.807) is 0 Å². The molecule has 1 saturated carbocycles. The minimum absolute atomic E-state index is 0.331. The van der Waals surface area contributed by atoms with E-state index in [-0.39, 0.29) is 18.3 Å². The number of nitrogens with zero attached hydrogens (tertiary/aromatic N) is 1. The van der Waals surface area contributed by atoms with Crippen LogP contribution in [0, 0.1) is 5.92 Å². The van der Waals surface area contributed by atoms with Gasteiger partial charge in [0.05, 0.1) is 11.2 Å². The van der Waals surface area contributed by atoms with Gasteiger partial charge in [0.25, 0.3) is 0 Å². The molecule has 1 unspecified atom stereocenters. The number of aliphatic hydroxyl groups is 1. The molecule has 1 aromatic carbocycles. The predicted molar refractivity (Wildman–Crippen MR) is 94.8 cm³/mol. The Bertz CT molecular complexity index is 640. The molecular weight excluding hydrogens is 301 g/mol. The Morgan fingerprint density at radius 2 is 1.79 bits per heavy atom. The molecule has 2 aliphatic heterocycles. The molecule has 1 saturated heterocycles. The van der Waals surface area contributed by atoms with E-state index in [0.717, 1.165) is 23.5 Å². The monoisotopic (exact) mass is 329 g/mol. The maximum Gasteiger partial charge on any atom is 0.494 e. The quantitative estimate of drug-likeness (QED) is 0.866. The van der Waals surface area contributed by atoms with Crippen molar-refractivity contribution in [1.82, 2.24) is 4.90 Å². The number of hydrogen-bond donors (Lipinski definition) is 1. The molecule has 2 fully saturated rings. The topological polar surface area (TPSA) is 41.9 Å². The van der Waals surface area contributed by atoms with E-state index in [1.165, 1.54) is 18.4 Å². The van der Waals surface area contributed by atoms with E-state index in [0.29, 0.717) is 6.04 Å². The zero-order valence-corrected chi connectivity index (χ0v) is 15.4. The summed E-state index contributed by atoms with van der Waals surface area (Å²) >= 11 is 0. The Morgan fingerprint density at radius 1 is 1.17 bits per heavy atom. The number of benzene rings is 1. The summed E-state index contributed by atoms with van der Waals surface area (Å²) in [6, 6.07) is 6.67. The first-order valence-electron chi connectivity index (χ1n) is 9.12. The van der Waals surface area contributed by atoms with Gasteiger partial charge in [0.15, 0.2) is 0 Å². The third-order valence-electron chi connectivity index (χ3n) is 6.47. The highest BCUT2D eigenvalue weighted by atomic mass is 16.7. The fourth-order valence-electron chi connectivity index (χ4n) is 3.82. The molecule has 5 heteroatoms. The van der Waals surface area contributed by atoms with Gasteiger partial charge in [-0.15, -0.1) is 0 Å². The summed E-state index contributed by atoms with van der Waals surface area (Å²) in [6.45, 7) is 11.3. The average Bonchev–Trinajstić information content (AvgIpc) is 3.26. The third kappa shape index (κ3) is 2.53. The van der Waals surface area contributed by atoms with Crippen LogP contribution < -0.4 is 5.46 Å². The minimum Gasteiger partial charge on any atom is -0.399 e. The molecule has 4 nitrogen and oxygen atoms in total. The predicted octanol–water partition coefficient (Wildman–Crippen LogP) is 2.59. The molecular formula is C19H28BNO3. The lowest BCUT2D eigenvalue weighted by atomic mass is 9.78. The standard InChI is InChI=1S/C19H28BNO3/c1-12(13-6-7-13)21-11-14-10-15(8-9-16(14)17(21)22)20-23-18(2,3)19(4,5)24-20/h8-10,12-13,17,22H,6-7,11H2,1-5H3/t12-,17?/m0/s1. The Labute approximate surface area is 145 Å². The fraction of sp³-hybridized carbons (Fsp3) is 0.684. The van der Waals surface area contributed by atoms with Gasteiger partial charge in [-0.25, -0.2) is 0 Å². The molecule has 1 N–H and O–H groups in total. The molecule has 2 heterocycles. The Balaban J connectivity index is 1.57. The highest BCUT2D eigenvalue weighted by Gasteiger charge is 2.52. The van der Waals surface area contributed by atoms with Crippen LogP contribution in [-0.4, -0.2) is 34.4 Å². The van der Waals surface area contributed by atoms with Crippen LogP contribution in [0.5, 0.6) is 0 Å². The van der Waals surface area contributed by atoms with Crippen LogP contribution in [0.2, 0.25) is 0 Å². The SMILES string of the molecule is C[C@@H](C1CC1)N1Cc2cc(B3OC(C)(C)C(C)(C)O3)ccc2C1O. The number of hydrogen-bond acceptors (Lipinski definition) is 4. The second kappa shape index (κ2) is 5.31. The van der Waals surface area contributed by atoms with Crippen LogP contribution in [0.15, 0.2) is 18.2 Å². The average molecular weight is 329 g/mol. The van der Waals surface area contributed by atoms with Crippen LogP contribution in [-0.2, 0) is 15.9 Å². The summed E-state index contributed by atoms with van der Waals surface area (Å²) in [6.07, 6.45) is 2.10. The molecule has 130 valence electrons. The third-order valence-corrected chi connectivity index (χ3v) is 6.47. The van der Waals surface area contributed by atoms with E-state index in [1.807, 2.05) is 12.1 Å². The zero-order valence-electron chi connectivity index (χ0n) is 15.4. The molecule has 0 amide bonds. The van der Waals surface area contributed by atoms with Gasteiger partial charge >= 0.3 is 7.12 Å². The highest BCUT2D eigenvalue weighted by molar-refractivity contribution is 6.62. The van der Waals surface area contributed by atoms with Gasteiger partial charge < -0.3 is 14.4 Å². The first kappa shape index (κ1) is 16.6. The zero-order chi connectivity index (χ0) is 17.3. The maximum absolute atomic E-state index is 10.7. The van der Waals surface area contributed by atoms with Crippen molar-refractivity contribution in [3.8, 4) is 0 Å². The summed E-state index contributed by atoms with van der Waals surface area (Å²) in [7, 11) is -0.340. The van der Waals surface area contributed by atoms with Crippen LogP contribution in [0.1, 0.15) is 64.8 Å². The molecule has 3 aliphatic rings. The highest BCUT2D eigenvalue weighted by Crippen LogP contribution is 2.42. The van der Waals surface area contributed by atoms with Crippen molar-refractivity contribution in [3.05, 3.63) is 29.3 Å². The van der Waals surface area contributed by atoms with Gasteiger partial charge in [0.2, 0.25) is 0 Å². The van der Waals surface area contributed by atoms with Gasteiger partial charge in [0, 0.05) is 12.6 Å². The molecule has 2 atom stereocenters. The minimum atomic E-state index is -0.483. The second-order valence-corrected chi connectivity index (χ2v) is 8.67. The largest absolute Gasteiger partial charge is 0.494 e. The second-order valence-electron chi connectivity index (χ2n) is 8.67. The van der Waals surface area contributed by atoms with Crippen molar-refractivity contribution in [2.45, 2.75) is 77.5 Å². The Hall–Kier alpha value is -0.875. The lowest BCUT2D eigenvalue weighted by Gasteiger charge is -2.32. The van der Waals surface area contributed by atoms with Crippen LogP contribution in [0.4, 0.5) is 0 Å². The Kier molecular flexibility index (Phi) is 3.67. The van der Waals surface area contributed by atoms with Gasteiger partial charge in [-0.3, -0.25) is 4.90 Å². The summed E-state index contributed by atoms with van der Waals surface area (Å²) < 4.78 is 12.3. The summed E-state index contributed by atoms with van der Waals surface area (Å²) in [5.74, 6) is 0.747. The lowest BCUT2D eigenvalue weighted by molar-refractivity contribution is -0.0179. The molecule has 1 aromatic rings. The lowest BCUT2D eigenvalue weighted by Crippen LogP contribution is -2.41. The molecule has 1 aliphatic carbocycles. The van der Waals surface area contributed by atoms with Gasteiger partial charge in [-0.2, -0.15) is 0 Å². The van der Waals surface area contributed by atoms with Crippen molar-refractivity contribution in [1.29, 1.82) is 0 Å². The van der Waals surface area contributed by atoms with Crippen LogP contribution >= 0.6 is 0 Å². The molecule has 0 aromatic heterocycles. The molecule has 4 rings (SSSR count). The van der Waals surface area contributed by atoms with Gasteiger partial charge in [-0.05, 0) is 70.0 Å². The first-order chi connectivity index (χ1) is 11.2. The maximum atomic E-state index is 10.7. The number of rotatable bonds is 3. The van der Waals surface area contributed by atoms with E-state index in [4.69, 9.17) is 9.31 Å². The van der Waals surface area contributed by atoms with Gasteiger partial charge in [-0.1, -0.05) is 18.2 Å². The van der Waals surface area contributed by atoms with E-state index >= 15 is 0 Å². The van der Waals surface area contributed by atoms with Gasteiger partial charge in [0.1, 0.15) is 6.23 Å². The summed E-state index contributed by atoms with van der Waals surface area (Å²) in [4.78, 5) is 2.22. The van der Waals surface area contributed by atoms with Crippen LogP contribution in [0.3, 0.4) is 0 Å². The first-order valence-corrected chi connectivity index (χ1v) is 9.12. The molecule has 0 bridgehead atoms. The Morgan fingerprint density at radius 3 is 2.38 bits per heavy atom. The number of aliphatic hydroxyl groups excluding tert-OH is 1. The van der Waals surface area contributed by atoms with Crippen molar-refractivity contribution in [2.75, 3.05) is 0 Å². The summed E-state index contributed by atoms with van der Waals surface area (Å²) in [5, 5.41) is 10.7. The van der Waals surface area contributed by atoms with Crippen molar-refractivity contribution in [2.24, 2.45) is 5.92 Å². The fourth-order valence-corrected chi connectivity index (χ4v) is 3.82. The van der Waals surface area contributed by atoms with Crippen molar-refractivity contribution < 1.29 is 14.4 Å². The summed E-state index contributed by atoms with van der Waals surface area (Å²) in [5.41, 5.74) is 2.61. The normalized spacial score (nSPS) is 29.8. The molecule has 24 heavy (non-hydrogen) atoms. The smallest absolute Gasteiger partial charge is 0.399 e. The molecule has 0 spiro atoms. The van der Waals surface area contributed by atoms with Crippen LogP contribution in [0.25, 0.3) is 0 Å². The van der Waals surface area contributed by atoms with E-state index < -0.39 is 6.23 Å². The van der Waals surface area contributed by atoms with Crippen molar-refractivity contribution in [3.63, 3.8) is 0 Å². The molecule has 0 radical (unpaired) electrons. The van der Waals surface area contributed by atoms with E-state index in [9.17, 15) is 5.11 Å². The number of fused-ring (bicyclic) bond motifs is 1.